The van der Waals surface area contributed by atoms with Crippen LogP contribution in [0.25, 0.3) is 6.08 Å². The Bertz CT molecular complexity index is 440. The van der Waals surface area contributed by atoms with Gasteiger partial charge in [0.25, 0.3) is 5.91 Å². The molecule has 2 rings (SSSR count). The Morgan fingerprint density at radius 2 is 2.06 bits per heavy atom. The molecule has 1 aliphatic rings. The smallest absolute Gasteiger partial charge is 0.267 e. The van der Waals surface area contributed by atoms with Crippen molar-refractivity contribution in [2.24, 2.45) is 0 Å². The van der Waals surface area contributed by atoms with Gasteiger partial charge < -0.3 is 10.2 Å². The number of benzene rings is 1. The third-order valence-electron chi connectivity index (χ3n) is 2.92. The highest BCUT2D eigenvalue weighted by Gasteiger charge is 2.12. The minimum Gasteiger partial charge on any atom is -0.369 e. The maximum Gasteiger partial charge on any atom is 0.267 e. The van der Waals surface area contributed by atoms with E-state index >= 15 is 0 Å². The highest BCUT2D eigenvalue weighted by Crippen LogP contribution is 2.21. The van der Waals surface area contributed by atoms with Crippen LogP contribution in [-0.2, 0) is 4.79 Å². The summed E-state index contributed by atoms with van der Waals surface area (Å²) in [6.07, 6.45) is 3.03. The number of carbonyl (C=O) groups excluding carboxylic acids is 1. The molecule has 5 nitrogen and oxygen atoms in total. The van der Waals surface area contributed by atoms with E-state index in [2.05, 4.69) is 10.2 Å². The van der Waals surface area contributed by atoms with Crippen molar-refractivity contribution >= 4 is 17.7 Å². The maximum atomic E-state index is 11.0. The van der Waals surface area contributed by atoms with Crippen molar-refractivity contribution in [1.82, 2.24) is 10.8 Å². The molecular formula is C13H17N3O2. The highest BCUT2D eigenvalue weighted by molar-refractivity contribution is 5.91. The average Bonchev–Trinajstić information content (AvgIpc) is 2.46. The predicted molar refractivity (Wildman–Crippen MR) is 70.5 cm³/mol. The first kappa shape index (κ1) is 12.6. The van der Waals surface area contributed by atoms with E-state index in [0.717, 1.165) is 37.4 Å². The second-order valence-electron chi connectivity index (χ2n) is 4.11. The Morgan fingerprint density at radius 3 is 2.78 bits per heavy atom. The van der Waals surface area contributed by atoms with E-state index in [1.165, 1.54) is 6.08 Å². The monoisotopic (exact) mass is 247 g/mol. The van der Waals surface area contributed by atoms with E-state index in [0.29, 0.717) is 0 Å². The fraction of sp³-hybridized carbons (Fsp3) is 0.308. The number of para-hydroxylation sites is 1. The molecule has 0 unspecified atom stereocenters. The maximum absolute atomic E-state index is 11.0. The molecule has 1 aliphatic heterocycles. The van der Waals surface area contributed by atoms with Gasteiger partial charge in [-0.3, -0.25) is 10.0 Å². The third-order valence-corrected chi connectivity index (χ3v) is 2.92. The molecular weight excluding hydrogens is 230 g/mol. The lowest BCUT2D eigenvalue weighted by Crippen LogP contribution is -2.43. The lowest BCUT2D eigenvalue weighted by atomic mass is 10.1. The van der Waals surface area contributed by atoms with Crippen LogP contribution in [0.3, 0.4) is 0 Å². The number of hydrogen-bond donors (Lipinski definition) is 3. The predicted octanol–water partition coefficient (Wildman–Crippen LogP) is 0.615. The van der Waals surface area contributed by atoms with Crippen LogP contribution in [0.15, 0.2) is 30.3 Å². The normalized spacial score (nSPS) is 15.9. The standard InChI is InChI=1S/C13H17N3O2/c17-13(15-18)6-5-11-3-1-2-4-12(11)16-9-7-14-8-10-16/h1-6,14,18H,7-10H2,(H,15,17). The van der Waals surface area contributed by atoms with Crippen molar-refractivity contribution < 1.29 is 10.0 Å². The number of rotatable bonds is 3. The largest absolute Gasteiger partial charge is 0.369 e. The highest BCUT2D eigenvalue weighted by atomic mass is 16.5. The molecule has 1 fully saturated rings. The Hall–Kier alpha value is -1.85. The lowest BCUT2D eigenvalue weighted by Gasteiger charge is -2.30. The van der Waals surface area contributed by atoms with Gasteiger partial charge in [-0.1, -0.05) is 18.2 Å². The van der Waals surface area contributed by atoms with E-state index in [1.54, 1.807) is 11.6 Å². The van der Waals surface area contributed by atoms with Crippen molar-refractivity contribution in [3.63, 3.8) is 0 Å². The second-order valence-corrected chi connectivity index (χ2v) is 4.11. The van der Waals surface area contributed by atoms with Crippen LogP contribution in [-0.4, -0.2) is 37.3 Å². The first-order valence-electron chi connectivity index (χ1n) is 5.98. The SMILES string of the molecule is O=C(C=Cc1ccccc1N1CCNCC1)NO. The summed E-state index contributed by atoms with van der Waals surface area (Å²) in [5.41, 5.74) is 3.67. The number of anilines is 1. The zero-order valence-electron chi connectivity index (χ0n) is 10.1. The van der Waals surface area contributed by atoms with E-state index in [9.17, 15) is 4.79 Å². The van der Waals surface area contributed by atoms with E-state index < -0.39 is 5.91 Å². The number of amides is 1. The van der Waals surface area contributed by atoms with Gasteiger partial charge in [0, 0.05) is 37.9 Å². The zero-order valence-corrected chi connectivity index (χ0v) is 10.1. The molecule has 1 saturated heterocycles. The molecule has 0 aliphatic carbocycles. The number of carbonyl (C=O) groups is 1. The average molecular weight is 247 g/mol. The molecule has 0 saturated carbocycles. The number of piperazine rings is 1. The summed E-state index contributed by atoms with van der Waals surface area (Å²) in [5.74, 6) is -0.523. The van der Waals surface area contributed by atoms with Crippen molar-refractivity contribution in [1.29, 1.82) is 0 Å². The van der Waals surface area contributed by atoms with Crippen molar-refractivity contribution in [3.8, 4) is 0 Å². The van der Waals surface area contributed by atoms with Crippen LogP contribution in [0.4, 0.5) is 5.69 Å². The van der Waals surface area contributed by atoms with Gasteiger partial charge in [-0.15, -0.1) is 0 Å². The number of nitrogens with zero attached hydrogens (tertiary/aromatic N) is 1. The zero-order chi connectivity index (χ0) is 12.8. The minimum atomic E-state index is -0.523. The van der Waals surface area contributed by atoms with Crippen LogP contribution >= 0.6 is 0 Å². The summed E-state index contributed by atoms with van der Waals surface area (Å²) in [6, 6.07) is 7.92. The summed E-state index contributed by atoms with van der Waals surface area (Å²) >= 11 is 0. The molecule has 96 valence electrons. The summed E-state index contributed by atoms with van der Waals surface area (Å²) in [5, 5.41) is 11.8. The molecule has 1 aromatic rings. The summed E-state index contributed by atoms with van der Waals surface area (Å²) in [7, 11) is 0. The molecule has 18 heavy (non-hydrogen) atoms. The van der Waals surface area contributed by atoms with Crippen LogP contribution in [0, 0.1) is 0 Å². The van der Waals surface area contributed by atoms with E-state index in [4.69, 9.17) is 5.21 Å². The number of hydroxylamine groups is 1. The van der Waals surface area contributed by atoms with Gasteiger partial charge in [0.1, 0.15) is 0 Å². The molecule has 1 aromatic carbocycles. The van der Waals surface area contributed by atoms with Gasteiger partial charge >= 0.3 is 0 Å². The van der Waals surface area contributed by atoms with Gasteiger partial charge in [-0.2, -0.15) is 0 Å². The molecule has 0 radical (unpaired) electrons. The van der Waals surface area contributed by atoms with Crippen LogP contribution in [0.2, 0.25) is 0 Å². The molecule has 0 atom stereocenters. The van der Waals surface area contributed by atoms with Crippen molar-refractivity contribution in [2.75, 3.05) is 31.1 Å². The van der Waals surface area contributed by atoms with E-state index in [-0.39, 0.29) is 0 Å². The second kappa shape index (κ2) is 6.18. The van der Waals surface area contributed by atoms with Crippen LogP contribution in [0.5, 0.6) is 0 Å². The summed E-state index contributed by atoms with van der Waals surface area (Å²) in [4.78, 5) is 13.3. The van der Waals surface area contributed by atoms with Crippen molar-refractivity contribution in [2.45, 2.75) is 0 Å². The fourth-order valence-corrected chi connectivity index (χ4v) is 2.02. The molecule has 1 heterocycles. The Morgan fingerprint density at radius 1 is 1.33 bits per heavy atom. The van der Waals surface area contributed by atoms with Crippen LogP contribution < -0.4 is 15.7 Å². The van der Waals surface area contributed by atoms with E-state index in [1.807, 2.05) is 24.3 Å². The lowest BCUT2D eigenvalue weighted by molar-refractivity contribution is -0.124. The van der Waals surface area contributed by atoms with Gasteiger partial charge in [0.05, 0.1) is 0 Å². The Kier molecular flexibility index (Phi) is 4.33. The topological polar surface area (TPSA) is 64.6 Å². The molecule has 0 spiro atoms. The first-order chi connectivity index (χ1) is 8.81. The van der Waals surface area contributed by atoms with Gasteiger partial charge in [0.15, 0.2) is 0 Å². The first-order valence-corrected chi connectivity index (χ1v) is 5.98. The summed E-state index contributed by atoms with van der Waals surface area (Å²) in [6.45, 7) is 3.85. The molecule has 0 aromatic heterocycles. The fourth-order valence-electron chi connectivity index (χ4n) is 2.02. The molecule has 0 bridgehead atoms. The Labute approximate surface area is 106 Å². The molecule has 3 N–H and O–H groups in total. The number of hydrogen-bond acceptors (Lipinski definition) is 4. The van der Waals surface area contributed by atoms with Gasteiger partial charge in [0.2, 0.25) is 0 Å². The number of nitrogens with one attached hydrogen (secondary N) is 2. The molecule has 5 heteroatoms. The quantitative estimate of drug-likeness (QED) is 0.416. The minimum absolute atomic E-state index is 0.523. The van der Waals surface area contributed by atoms with Crippen molar-refractivity contribution in [3.05, 3.63) is 35.9 Å². The summed E-state index contributed by atoms with van der Waals surface area (Å²) < 4.78 is 0. The van der Waals surface area contributed by atoms with Gasteiger partial charge in [-0.05, 0) is 17.7 Å². The Balaban J connectivity index is 2.19. The van der Waals surface area contributed by atoms with Gasteiger partial charge in [-0.25, -0.2) is 5.48 Å². The van der Waals surface area contributed by atoms with Crippen LogP contribution in [0.1, 0.15) is 5.56 Å². The third kappa shape index (κ3) is 3.09. The molecule has 1 amide bonds.